The number of amides is 1. The first-order valence-electron chi connectivity index (χ1n) is 5.81. The molecule has 0 bridgehead atoms. The molecule has 0 saturated carbocycles. The molecule has 5 heteroatoms. The molecule has 0 heterocycles. The Kier molecular flexibility index (Phi) is 7.54. The Morgan fingerprint density at radius 3 is 2.31 bits per heavy atom. The van der Waals surface area contributed by atoms with Gasteiger partial charge in [0, 0.05) is 0 Å². The molecule has 0 aliphatic carbocycles. The summed E-state index contributed by atoms with van der Waals surface area (Å²) in [5, 5.41) is 11.3. The topological polar surface area (TPSA) is 92.4 Å². The summed E-state index contributed by atoms with van der Waals surface area (Å²) in [6, 6.07) is -1.41. The molecule has 94 valence electrons. The molecule has 0 saturated heterocycles. The fourth-order valence-corrected chi connectivity index (χ4v) is 1.38. The molecule has 0 fully saturated rings. The third-order valence-corrected chi connectivity index (χ3v) is 2.40. The second-order valence-corrected chi connectivity index (χ2v) is 3.94. The van der Waals surface area contributed by atoms with Crippen LogP contribution in [0.3, 0.4) is 0 Å². The maximum atomic E-state index is 11.5. The van der Waals surface area contributed by atoms with E-state index in [9.17, 15) is 9.59 Å². The molecule has 5 nitrogen and oxygen atoms in total. The zero-order valence-electron chi connectivity index (χ0n) is 10.0. The van der Waals surface area contributed by atoms with Gasteiger partial charge in [-0.15, -0.1) is 0 Å². The van der Waals surface area contributed by atoms with Crippen LogP contribution in [-0.4, -0.2) is 29.1 Å². The molecule has 4 N–H and O–H groups in total. The Morgan fingerprint density at radius 2 is 1.88 bits per heavy atom. The van der Waals surface area contributed by atoms with Crippen molar-refractivity contribution in [1.82, 2.24) is 5.32 Å². The summed E-state index contributed by atoms with van der Waals surface area (Å²) in [5.41, 5.74) is 5.64. The smallest absolute Gasteiger partial charge is 0.326 e. The summed E-state index contributed by atoms with van der Waals surface area (Å²) in [6.45, 7) is 3.89. The van der Waals surface area contributed by atoms with Crippen LogP contribution in [0, 0.1) is 0 Å². The molecule has 0 aliphatic heterocycles. The number of nitrogens with two attached hydrogens (primary N) is 1. The summed E-state index contributed by atoms with van der Waals surface area (Å²) in [7, 11) is 0. The van der Waals surface area contributed by atoms with Crippen LogP contribution in [0.5, 0.6) is 0 Å². The van der Waals surface area contributed by atoms with E-state index in [1.807, 2.05) is 13.8 Å². The normalized spacial score (nSPS) is 14.2. The second kappa shape index (κ2) is 8.10. The zero-order chi connectivity index (χ0) is 12.6. The maximum absolute atomic E-state index is 11.5. The monoisotopic (exact) mass is 230 g/mol. The molecular formula is C11H22N2O3. The van der Waals surface area contributed by atoms with E-state index < -0.39 is 18.1 Å². The Balaban J connectivity index is 4.12. The SMILES string of the molecule is CCCC[C@H](N)C(=O)N[C@H](CCC)C(=O)O. The van der Waals surface area contributed by atoms with Crippen molar-refractivity contribution < 1.29 is 14.7 Å². The van der Waals surface area contributed by atoms with Gasteiger partial charge in [-0.25, -0.2) is 4.79 Å². The molecule has 0 aromatic carbocycles. The summed E-state index contributed by atoms with van der Waals surface area (Å²) >= 11 is 0. The van der Waals surface area contributed by atoms with Crippen molar-refractivity contribution in [2.45, 2.75) is 58.0 Å². The van der Waals surface area contributed by atoms with Crippen molar-refractivity contribution in [3.05, 3.63) is 0 Å². The lowest BCUT2D eigenvalue weighted by atomic mass is 10.1. The van der Waals surface area contributed by atoms with E-state index in [4.69, 9.17) is 10.8 Å². The molecule has 0 aliphatic rings. The van der Waals surface area contributed by atoms with Gasteiger partial charge in [-0.1, -0.05) is 33.1 Å². The second-order valence-electron chi connectivity index (χ2n) is 3.94. The largest absolute Gasteiger partial charge is 0.480 e. The first kappa shape index (κ1) is 14.9. The van der Waals surface area contributed by atoms with Crippen LogP contribution in [0.2, 0.25) is 0 Å². The van der Waals surface area contributed by atoms with Gasteiger partial charge < -0.3 is 16.2 Å². The summed E-state index contributed by atoms with van der Waals surface area (Å²) in [5.74, 6) is -1.37. The first-order chi connectivity index (χ1) is 7.52. The molecule has 0 unspecified atom stereocenters. The first-order valence-corrected chi connectivity index (χ1v) is 5.81. The predicted molar refractivity (Wildman–Crippen MR) is 62.0 cm³/mol. The number of unbranched alkanes of at least 4 members (excludes halogenated alkanes) is 1. The minimum absolute atomic E-state index is 0.366. The molecule has 0 aromatic heterocycles. The lowest BCUT2D eigenvalue weighted by Gasteiger charge is -2.17. The van der Waals surface area contributed by atoms with Gasteiger partial charge in [0.1, 0.15) is 6.04 Å². The van der Waals surface area contributed by atoms with Gasteiger partial charge >= 0.3 is 5.97 Å². The van der Waals surface area contributed by atoms with Crippen molar-refractivity contribution in [3.8, 4) is 0 Å². The summed E-state index contributed by atoms with van der Waals surface area (Å²) in [4.78, 5) is 22.3. The number of nitrogens with one attached hydrogen (secondary N) is 1. The zero-order valence-corrected chi connectivity index (χ0v) is 10.0. The third kappa shape index (κ3) is 5.70. The highest BCUT2D eigenvalue weighted by Gasteiger charge is 2.21. The molecule has 2 atom stereocenters. The minimum Gasteiger partial charge on any atom is -0.480 e. The number of carboxylic acid groups (broad SMARTS) is 1. The van der Waals surface area contributed by atoms with E-state index >= 15 is 0 Å². The highest BCUT2D eigenvalue weighted by molar-refractivity contribution is 5.86. The number of rotatable bonds is 8. The van der Waals surface area contributed by atoms with Crippen LogP contribution < -0.4 is 11.1 Å². The van der Waals surface area contributed by atoms with Crippen molar-refractivity contribution >= 4 is 11.9 Å². The Hall–Kier alpha value is -1.10. The van der Waals surface area contributed by atoms with Crippen molar-refractivity contribution in [3.63, 3.8) is 0 Å². The van der Waals surface area contributed by atoms with Gasteiger partial charge in [-0.2, -0.15) is 0 Å². The van der Waals surface area contributed by atoms with Gasteiger partial charge in [0.25, 0.3) is 0 Å². The quantitative estimate of drug-likeness (QED) is 0.577. The molecule has 0 aromatic rings. The van der Waals surface area contributed by atoms with Crippen LogP contribution in [0.25, 0.3) is 0 Å². The molecule has 0 spiro atoms. The Labute approximate surface area is 96.4 Å². The van der Waals surface area contributed by atoms with Crippen LogP contribution >= 0.6 is 0 Å². The number of hydrogen-bond acceptors (Lipinski definition) is 3. The van der Waals surface area contributed by atoms with Crippen molar-refractivity contribution in [1.29, 1.82) is 0 Å². The van der Waals surface area contributed by atoms with Gasteiger partial charge in [-0.05, 0) is 12.8 Å². The average Bonchev–Trinajstić information content (AvgIpc) is 2.24. The van der Waals surface area contributed by atoms with E-state index in [2.05, 4.69) is 5.32 Å². The number of hydrogen-bond donors (Lipinski definition) is 3. The Morgan fingerprint density at radius 1 is 1.25 bits per heavy atom. The van der Waals surface area contributed by atoms with Gasteiger partial charge in [-0.3, -0.25) is 4.79 Å². The fraction of sp³-hybridized carbons (Fsp3) is 0.818. The molecule has 16 heavy (non-hydrogen) atoms. The highest BCUT2D eigenvalue weighted by atomic mass is 16.4. The Bertz CT molecular complexity index is 231. The van der Waals surface area contributed by atoms with E-state index in [0.29, 0.717) is 19.3 Å². The molecular weight excluding hydrogens is 208 g/mol. The summed E-state index contributed by atoms with van der Waals surface area (Å²) < 4.78 is 0. The number of carbonyl (C=O) groups is 2. The van der Waals surface area contributed by atoms with E-state index in [0.717, 1.165) is 12.8 Å². The predicted octanol–water partition coefficient (Wildman–Crippen LogP) is 0.873. The molecule has 0 radical (unpaired) electrons. The van der Waals surface area contributed by atoms with Crippen molar-refractivity contribution in [2.75, 3.05) is 0 Å². The lowest BCUT2D eigenvalue weighted by molar-refractivity contribution is -0.142. The van der Waals surface area contributed by atoms with E-state index in [1.54, 1.807) is 0 Å². The van der Waals surface area contributed by atoms with E-state index in [-0.39, 0.29) is 5.91 Å². The number of aliphatic carboxylic acids is 1. The maximum Gasteiger partial charge on any atom is 0.326 e. The molecule has 1 amide bonds. The molecule has 0 rings (SSSR count). The van der Waals surface area contributed by atoms with Crippen LogP contribution in [0.4, 0.5) is 0 Å². The fourth-order valence-electron chi connectivity index (χ4n) is 1.38. The average molecular weight is 230 g/mol. The standard InChI is InChI=1S/C11H22N2O3/c1-3-5-7-8(12)10(14)13-9(6-4-2)11(15)16/h8-9H,3-7,12H2,1-2H3,(H,13,14)(H,15,16)/t8-,9+/m0/s1. The summed E-state index contributed by atoms with van der Waals surface area (Å²) in [6.07, 6.45) is 3.59. The van der Waals surface area contributed by atoms with Gasteiger partial charge in [0.2, 0.25) is 5.91 Å². The van der Waals surface area contributed by atoms with Gasteiger partial charge in [0.05, 0.1) is 6.04 Å². The third-order valence-electron chi connectivity index (χ3n) is 2.40. The number of carbonyl (C=O) groups excluding carboxylic acids is 1. The van der Waals surface area contributed by atoms with Crippen LogP contribution in [0.1, 0.15) is 46.0 Å². The minimum atomic E-state index is -1.00. The lowest BCUT2D eigenvalue weighted by Crippen LogP contribution is -2.48. The van der Waals surface area contributed by atoms with E-state index in [1.165, 1.54) is 0 Å². The highest BCUT2D eigenvalue weighted by Crippen LogP contribution is 2.01. The number of carboxylic acids is 1. The van der Waals surface area contributed by atoms with Crippen LogP contribution in [0.15, 0.2) is 0 Å². The van der Waals surface area contributed by atoms with Crippen molar-refractivity contribution in [2.24, 2.45) is 5.73 Å². The van der Waals surface area contributed by atoms with Crippen LogP contribution in [-0.2, 0) is 9.59 Å². The van der Waals surface area contributed by atoms with Gasteiger partial charge in [0.15, 0.2) is 0 Å².